The number of H-pyrrole nitrogens is 1. The number of imidazole rings is 1. The topological polar surface area (TPSA) is 57.8 Å². The lowest BCUT2D eigenvalue weighted by Gasteiger charge is -2.02. The van der Waals surface area contributed by atoms with Crippen molar-refractivity contribution in [1.29, 1.82) is 0 Å². The van der Waals surface area contributed by atoms with E-state index in [9.17, 15) is 4.79 Å². The number of aryl methyl sites for hydroxylation is 1. The molecule has 2 aromatic rings. The zero-order valence-corrected chi connectivity index (χ0v) is 10.3. The number of nitrogens with zero attached hydrogens (tertiary/aromatic N) is 1. The molecule has 0 spiro atoms. The Morgan fingerprint density at radius 3 is 3.00 bits per heavy atom. The van der Waals surface area contributed by atoms with Gasteiger partial charge in [-0.3, -0.25) is 4.79 Å². The summed E-state index contributed by atoms with van der Waals surface area (Å²) in [5.74, 6) is 1.75. The summed E-state index contributed by atoms with van der Waals surface area (Å²) in [6.07, 6.45) is 3.71. The molecule has 1 aromatic heterocycles. The van der Waals surface area contributed by atoms with Crippen molar-refractivity contribution >= 4 is 16.9 Å². The molecule has 0 aliphatic heterocycles. The summed E-state index contributed by atoms with van der Waals surface area (Å²) in [7, 11) is 0. The maximum Gasteiger partial charge on any atom is 0.220 e. The predicted molar refractivity (Wildman–Crippen MR) is 70.1 cm³/mol. The van der Waals surface area contributed by atoms with Crippen molar-refractivity contribution in [1.82, 2.24) is 15.3 Å². The minimum atomic E-state index is 0.127. The van der Waals surface area contributed by atoms with E-state index in [4.69, 9.17) is 0 Å². The quantitative estimate of drug-likeness (QED) is 0.844. The van der Waals surface area contributed by atoms with Crippen LogP contribution < -0.4 is 5.32 Å². The zero-order valence-electron chi connectivity index (χ0n) is 10.3. The van der Waals surface area contributed by atoms with E-state index in [2.05, 4.69) is 15.3 Å². The van der Waals surface area contributed by atoms with Crippen molar-refractivity contribution in [2.24, 2.45) is 5.92 Å². The lowest BCUT2D eigenvalue weighted by atomic mass is 10.3. The number of rotatable bonds is 5. The molecule has 4 heteroatoms. The molecule has 94 valence electrons. The molecule has 1 aliphatic rings. The predicted octanol–water partition coefficient (Wildman–Crippen LogP) is 2.02. The van der Waals surface area contributed by atoms with E-state index in [-0.39, 0.29) is 5.91 Å². The molecule has 0 saturated heterocycles. The van der Waals surface area contributed by atoms with Crippen molar-refractivity contribution in [3.8, 4) is 0 Å². The minimum absolute atomic E-state index is 0.127. The number of aromatic nitrogens is 2. The van der Waals surface area contributed by atoms with E-state index < -0.39 is 0 Å². The number of carbonyl (C=O) groups excluding carboxylic acids is 1. The Kier molecular flexibility index (Phi) is 3.00. The van der Waals surface area contributed by atoms with Gasteiger partial charge in [-0.05, 0) is 30.9 Å². The van der Waals surface area contributed by atoms with Crippen molar-refractivity contribution in [3.63, 3.8) is 0 Å². The minimum Gasteiger partial charge on any atom is -0.356 e. The highest BCUT2D eigenvalue weighted by Gasteiger charge is 2.21. The van der Waals surface area contributed by atoms with Crippen LogP contribution in [0.25, 0.3) is 11.0 Å². The van der Waals surface area contributed by atoms with Crippen LogP contribution in [0.3, 0.4) is 0 Å². The van der Waals surface area contributed by atoms with Gasteiger partial charge in [0.05, 0.1) is 11.0 Å². The molecule has 1 fully saturated rings. The summed E-state index contributed by atoms with van der Waals surface area (Å²) >= 11 is 0. The highest BCUT2D eigenvalue weighted by molar-refractivity contribution is 5.77. The van der Waals surface area contributed by atoms with Crippen molar-refractivity contribution in [2.45, 2.75) is 25.7 Å². The van der Waals surface area contributed by atoms with Gasteiger partial charge in [-0.15, -0.1) is 0 Å². The van der Waals surface area contributed by atoms with Gasteiger partial charge in [0.25, 0.3) is 0 Å². The number of fused-ring (bicyclic) bond motifs is 1. The van der Waals surface area contributed by atoms with Crippen molar-refractivity contribution < 1.29 is 4.79 Å². The Bertz CT molecular complexity index is 524. The maximum atomic E-state index is 11.6. The third-order valence-corrected chi connectivity index (χ3v) is 3.31. The summed E-state index contributed by atoms with van der Waals surface area (Å²) in [4.78, 5) is 19.3. The molecule has 1 aliphatic carbocycles. The number of benzene rings is 1. The molecule has 1 aromatic carbocycles. The summed E-state index contributed by atoms with van der Waals surface area (Å²) in [6, 6.07) is 7.92. The van der Waals surface area contributed by atoms with E-state index in [1.807, 2.05) is 24.3 Å². The molecular weight excluding hydrogens is 226 g/mol. The fourth-order valence-corrected chi connectivity index (χ4v) is 2.02. The van der Waals surface area contributed by atoms with Gasteiger partial charge in [-0.2, -0.15) is 0 Å². The molecule has 2 N–H and O–H groups in total. The summed E-state index contributed by atoms with van der Waals surface area (Å²) < 4.78 is 0. The van der Waals surface area contributed by atoms with E-state index in [0.29, 0.717) is 12.8 Å². The van der Waals surface area contributed by atoms with Crippen LogP contribution in [0, 0.1) is 5.92 Å². The number of aromatic amines is 1. The van der Waals surface area contributed by atoms with Crippen LogP contribution in [0.15, 0.2) is 24.3 Å². The first kappa shape index (κ1) is 11.3. The van der Waals surface area contributed by atoms with E-state index in [1.165, 1.54) is 12.8 Å². The first-order valence-corrected chi connectivity index (χ1v) is 6.51. The monoisotopic (exact) mass is 243 g/mol. The van der Waals surface area contributed by atoms with Gasteiger partial charge in [-0.1, -0.05) is 12.1 Å². The van der Waals surface area contributed by atoms with Gasteiger partial charge in [0.15, 0.2) is 0 Å². The SMILES string of the molecule is O=C(CCc1nc2ccccc2[nH]1)NCC1CC1. The average molecular weight is 243 g/mol. The highest BCUT2D eigenvalue weighted by Crippen LogP contribution is 2.27. The second kappa shape index (κ2) is 4.80. The van der Waals surface area contributed by atoms with E-state index in [1.54, 1.807) is 0 Å². The Morgan fingerprint density at radius 1 is 1.39 bits per heavy atom. The molecule has 0 radical (unpaired) electrons. The Morgan fingerprint density at radius 2 is 2.22 bits per heavy atom. The van der Waals surface area contributed by atoms with Crippen LogP contribution in [-0.4, -0.2) is 22.4 Å². The molecule has 1 saturated carbocycles. The van der Waals surface area contributed by atoms with Crippen LogP contribution in [0.4, 0.5) is 0 Å². The second-order valence-electron chi connectivity index (χ2n) is 4.95. The number of para-hydroxylation sites is 2. The highest BCUT2D eigenvalue weighted by atomic mass is 16.1. The van der Waals surface area contributed by atoms with E-state index in [0.717, 1.165) is 29.3 Å². The van der Waals surface area contributed by atoms with Crippen molar-refractivity contribution in [3.05, 3.63) is 30.1 Å². The van der Waals surface area contributed by atoms with Crippen molar-refractivity contribution in [2.75, 3.05) is 6.54 Å². The molecule has 0 unspecified atom stereocenters. The summed E-state index contributed by atoms with van der Waals surface area (Å²) in [5, 5.41) is 2.97. The van der Waals surface area contributed by atoms with Gasteiger partial charge in [0, 0.05) is 19.4 Å². The molecule has 4 nitrogen and oxygen atoms in total. The fraction of sp³-hybridized carbons (Fsp3) is 0.429. The average Bonchev–Trinajstić information content (AvgIpc) is 3.11. The van der Waals surface area contributed by atoms with Crippen LogP contribution in [-0.2, 0) is 11.2 Å². The lowest BCUT2D eigenvalue weighted by molar-refractivity contribution is -0.121. The molecule has 0 atom stereocenters. The molecule has 1 amide bonds. The Hall–Kier alpha value is -1.84. The number of carbonyl (C=O) groups is 1. The van der Waals surface area contributed by atoms with E-state index >= 15 is 0 Å². The first-order chi connectivity index (χ1) is 8.81. The number of hydrogen-bond acceptors (Lipinski definition) is 2. The number of nitrogens with one attached hydrogen (secondary N) is 2. The normalized spacial score (nSPS) is 14.9. The maximum absolute atomic E-state index is 11.6. The zero-order chi connectivity index (χ0) is 12.4. The molecule has 1 heterocycles. The van der Waals surface area contributed by atoms with Gasteiger partial charge in [0.1, 0.15) is 5.82 Å². The van der Waals surface area contributed by atoms with Gasteiger partial charge < -0.3 is 10.3 Å². The molecular formula is C14H17N3O. The number of amides is 1. The molecule has 3 rings (SSSR count). The largest absolute Gasteiger partial charge is 0.356 e. The third-order valence-electron chi connectivity index (χ3n) is 3.31. The first-order valence-electron chi connectivity index (χ1n) is 6.51. The standard InChI is InChI=1S/C14H17N3O/c18-14(15-9-10-5-6-10)8-7-13-16-11-3-1-2-4-12(11)17-13/h1-4,10H,5-9H2,(H,15,18)(H,16,17). The lowest BCUT2D eigenvalue weighted by Crippen LogP contribution is -2.25. The van der Waals surface area contributed by atoms with Crippen LogP contribution in [0.5, 0.6) is 0 Å². The van der Waals surface area contributed by atoms with Crippen LogP contribution in [0.1, 0.15) is 25.1 Å². The summed E-state index contributed by atoms with van der Waals surface area (Å²) in [6.45, 7) is 0.846. The number of hydrogen-bond donors (Lipinski definition) is 2. The van der Waals surface area contributed by atoms with Gasteiger partial charge in [-0.25, -0.2) is 4.98 Å². The van der Waals surface area contributed by atoms with Gasteiger partial charge in [0.2, 0.25) is 5.91 Å². The van der Waals surface area contributed by atoms with Crippen LogP contribution in [0.2, 0.25) is 0 Å². The fourth-order valence-electron chi connectivity index (χ4n) is 2.02. The Labute approximate surface area is 106 Å². The third kappa shape index (κ3) is 2.70. The van der Waals surface area contributed by atoms with Crippen LogP contribution >= 0.6 is 0 Å². The summed E-state index contributed by atoms with van der Waals surface area (Å²) in [5.41, 5.74) is 2.00. The smallest absolute Gasteiger partial charge is 0.220 e. The van der Waals surface area contributed by atoms with Gasteiger partial charge >= 0.3 is 0 Å². The molecule has 0 bridgehead atoms. The Balaban J connectivity index is 1.53. The molecule has 18 heavy (non-hydrogen) atoms. The second-order valence-corrected chi connectivity index (χ2v) is 4.95.